The molecule has 0 aliphatic heterocycles. The molecule has 1 aromatic rings. The fraction of sp³-hybridized carbons (Fsp3) is 0.286. The molecule has 1 amide bonds. The molecule has 0 fully saturated rings. The first-order valence-corrected chi connectivity index (χ1v) is 5.62. The van der Waals surface area contributed by atoms with E-state index in [1.807, 2.05) is 0 Å². The van der Waals surface area contributed by atoms with Gasteiger partial charge in [0.05, 0.1) is 6.54 Å². The Hall–Kier alpha value is -2.28. The maximum atomic E-state index is 11.9. The SMILES string of the molecule is CC#CCNC(=O)c1ccccc1CCC(=O)O. The van der Waals surface area contributed by atoms with E-state index in [1.54, 1.807) is 31.2 Å². The summed E-state index contributed by atoms with van der Waals surface area (Å²) in [6, 6.07) is 7.00. The van der Waals surface area contributed by atoms with E-state index in [0.717, 1.165) is 5.56 Å². The average molecular weight is 245 g/mol. The van der Waals surface area contributed by atoms with Crippen LogP contribution in [0.15, 0.2) is 24.3 Å². The second-order valence-electron chi connectivity index (χ2n) is 3.66. The molecule has 0 aliphatic rings. The Labute approximate surface area is 106 Å². The minimum atomic E-state index is -0.873. The summed E-state index contributed by atoms with van der Waals surface area (Å²) in [6.45, 7) is 2.00. The Balaban J connectivity index is 2.76. The summed E-state index contributed by atoms with van der Waals surface area (Å²) in [5, 5.41) is 11.3. The van der Waals surface area contributed by atoms with Crippen molar-refractivity contribution >= 4 is 11.9 Å². The van der Waals surface area contributed by atoms with E-state index in [0.29, 0.717) is 18.5 Å². The molecule has 0 unspecified atom stereocenters. The summed E-state index contributed by atoms with van der Waals surface area (Å²) in [5.74, 6) is 4.33. The standard InChI is InChI=1S/C14H15NO3/c1-2-3-10-15-14(18)12-7-5-4-6-11(12)8-9-13(16)17/h4-7H,8-10H2,1H3,(H,15,18)(H,16,17). The van der Waals surface area contributed by atoms with Crippen molar-refractivity contribution in [3.63, 3.8) is 0 Å². The number of rotatable bonds is 5. The van der Waals surface area contributed by atoms with Gasteiger partial charge >= 0.3 is 5.97 Å². The third-order valence-corrected chi connectivity index (χ3v) is 2.38. The normalized spacial score (nSPS) is 9.17. The second kappa shape index (κ2) is 7.13. The highest BCUT2D eigenvalue weighted by atomic mass is 16.4. The van der Waals surface area contributed by atoms with E-state index >= 15 is 0 Å². The molecule has 94 valence electrons. The Morgan fingerprint density at radius 2 is 2.06 bits per heavy atom. The van der Waals surface area contributed by atoms with Gasteiger partial charge in [0.15, 0.2) is 0 Å². The molecule has 18 heavy (non-hydrogen) atoms. The number of benzene rings is 1. The molecule has 2 N–H and O–H groups in total. The van der Waals surface area contributed by atoms with Crippen LogP contribution in [0, 0.1) is 11.8 Å². The molecule has 0 spiro atoms. The zero-order valence-corrected chi connectivity index (χ0v) is 10.2. The molecule has 4 nitrogen and oxygen atoms in total. The molecule has 0 bridgehead atoms. The van der Waals surface area contributed by atoms with Crippen LogP contribution in [0.2, 0.25) is 0 Å². The van der Waals surface area contributed by atoms with Crippen LogP contribution in [0.25, 0.3) is 0 Å². The third-order valence-electron chi connectivity index (χ3n) is 2.38. The summed E-state index contributed by atoms with van der Waals surface area (Å²) in [4.78, 5) is 22.4. The number of aryl methyl sites for hydroxylation is 1. The Morgan fingerprint density at radius 3 is 2.72 bits per heavy atom. The number of nitrogens with one attached hydrogen (secondary N) is 1. The maximum absolute atomic E-state index is 11.9. The van der Waals surface area contributed by atoms with Crippen LogP contribution in [0.1, 0.15) is 29.3 Å². The first-order chi connectivity index (χ1) is 8.65. The number of aliphatic carboxylic acids is 1. The molecule has 1 aromatic carbocycles. The van der Waals surface area contributed by atoms with Crippen LogP contribution < -0.4 is 5.32 Å². The van der Waals surface area contributed by atoms with E-state index in [4.69, 9.17) is 5.11 Å². The van der Waals surface area contributed by atoms with Gasteiger partial charge in [-0.3, -0.25) is 9.59 Å². The van der Waals surface area contributed by atoms with E-state index in [9.17, 15) is 9.59 Å². The van der Waals surface area contributed by atoms with E-state index in [2.05, 4.69) is 17.2 Å². The number of carboxylic acid groups (broad SMARTS) is 1. The Bertz CT molecular complexity index is 497. The lowest BCUT2D eigenvalue weighted by molar-refractivity contribution is -0.136. The highest BCUT2D eigenvalue weighted by molar-refractivity contribution is 5.95. The van der Waals surface area contributed by atoms with Crippen LogP contribution in [0.4, 0.5) is 0 Å². The highest BCUT2D eigenvalue weighted by Crippen LogP contribution is 2.11. The quantitative estimate of drug-likeness (QED) is 0.772. The number of carboxylic acids is 1. The van der Waals surface area contributed by atoms with Gasteiger partial charge in [-0.15, -0.1) is 5.92 Å². The first kappa shape index (κ1) is 13.8. The van der Waals surface area contributed by atoms with Crippen molar-refractivity contribution in [2.24, 2.45) is 0 Å². The van der Waals surface area contributed by atoms with E-state index in [1.165, 1.54) is 0 Å². The molecule has 0 aromatic heterocycles. The largest absolute Gasteiger partial charge is 0.481 e. The van der Waals surface area contributed by atoms with E-state index in [-0.39, 0.29) is 12.3 Å². The summed E-state index contributed by atoms with van der Waals surface area (Å²) in [5.41, 5.74) is 1.25. The van der Waals surface area contributed by atoms with Gasteiger partial charge in [-0.05, 0) is 25.0 Å². The number of carbonyl (C=O) groups is 2. The summed E-state index contributed by atoms with van der Waals surface area (Å²) in [7, 11) is 0. The Kier molecular flexibility index (Phi) is 5.46. The number of hydrogen-bond donors (Lipinski definition) is 2. The summed E-state index contributed by atoms with van der Waals surface area (Å²) >= 11 is 0. The molecule has 4 heteroatoms. The lowest BCUT2D eigenvalue weighted by Crippen LogP contribution is -2.24. The zero-order valence-electron chi connectivity index (χ0n) is 10.2. The smallest absolute Gasteiger partial charge is 0.303 e. The maximum Gasteiger partial charge on any atom is 0.303 e. The van der Waals surface area contributed by atoms with Crippen LogP contribution in [0.3, 0.4) is 0 Å². The van der Waals surface area contributed by atoms with Gasteiger partial charge in [-0.25, -0.2) is 0 Å². The summed E-state index contributed by atoms with van der Waals surface area (Å²) < 4.78 is 0. The van der Waals surface area contributed by atoms with Crippen molar-refractivity contribution < 1.29 is 14.7 Å². The predicted molar refractivity (Wildman–Crippen MR) is 68.2 cm³/mol. The molecule has 0 radical (unpaired) electrons. The third kappa shape index (κ3) is 4.30. The van der Waals surface area contributed by atoms with E-state index < -0.39 is 5.97 Å². The van der Waals surface area contributed by atoms with Gasteiger partial charge in [0.1, 0.15) is 0 Å². The molecule has 1 rings (SSSR count). The van der Waals surface area contributed by atoms with Gasteiger partial charge in [0.25, 0.3) is 5.91 Å². The molecule has 0 aliphatic carbocycles. The van der Waals surface area contributed by atoms with Crippen LogP contribution in [0.5, 0.6) is 0 Å². The monoisotopic (exact) mass is 245 g/mol. The van der Waals surface area contributed by atoms with Crippen LogP contribution in [-0.4, -0.2) is 23.5 Å². The van der Waals surface area contributed by atoms with Crippen molar-refractivity contribution in [3.05, 3.63) is 35.4 Å². The first-order valence-electron chi connectivity index (χ1n) is 5.62. The second-order valence-corrected chi connectivity index (χ2v) is 3.66. The lowest BCUT2D eigenvalue weighted by Gasteiger charge is -2.07. The van der Waals surface area contributed by atoms with Crippen molar-refractivity contribution in [3.8, 4) is 11.8 Å². The predicted octanol–water partition coefficient (Wildman–Crippen LogP) is 1.46. The van der Waals surface area contributed by atoms with Gasteiger partial charge in [0, 0.05) is 12.0 Å². The Morgan fingerprint density at radius 1 is 1.33 bits per heavy atom. The fourth-order valence-corrected chi connectivity index (χ4v) is 1.51. The van der Waals surface area contributed by atoms with Crippen molar-refractivity contribution in [2.75, 3.05) is 6.54 Å². The summed E-state index contributed by atoms with van der Waals surface area (Å²) in [6.07, 6.45) is 0.359. The van der Waals surface area contributed by atoms with Gasteiger partial charge in [-0.1, -0.05) is 24.1 Å². The fourth-order valence-electron chi connectivity index (χ4n) is 1.51. The zero-order chi connectivity index (χ0) is 13.4. The molecule has 0 saturated heterocycles. The topological polar surface area (TPSA) is 66.4 Å². The van der Waals surface area contributed by atoms with Gasteiger partial charge < -0.3 is 10.4 Å². The molecule has 0 heterocycles. The molecule has 0 saturated carbocycles. The molecular formula is C14H15NO3. The number of hydrogen-bond acceptors (Lipinski definition) is 2. The molecule has 0 atom stereocenters. The van der Waals surface area contributed by atoms with Gasteiger partial charge in [0.2, 0.25) is 0 Å². The number of carbonyl (C=O) groups excluding carboxylic acids is 1. The van der Waals surface area contributed by atoms with Gasteiger partial charge in [-0.2, -0.15) is 0 Å². The van der Waals surface area contributed by atoms with Crippen molar-refractivity contribution in [2.45, 2.75) is 19.8 Å². The van der Waals surface area contributed by atoms with Crippen LogP contribution in [-0.2, 0) is 11.2 Å². The van der Waals surface area contributed by atoms with Crippen LogP contribution >= 0.6 is 0 Å². The minimum Gasteiger partial charge on any atom is -0.481 e. The average Bonchev–Trinajstić information content (AvgIpc) is 2.37. The number of amides is 1. The minimum absolute atomic E-state index is 0.0130. The lowest BCUT2D eigenvalue weighted by atomic mass is 10.0. The van der Waals surface area contributed by atoms with Crippen molar-refractivity contribution in [1.29, 1.82) is 0 Å². The van der Waals surface area contributed by atoms with Crippen molar-refractivity contribution in [1.82, 2.24) is 5.32 Å². The molecular weight excluding hydrogens is 230 g/mol. The highest BCUT2D eigenvalue weighted by Gasteiger charge is 2.10.